The van der Waals surface area contributed by atoms with E-state index in [9.17, 15) is 4.57 Å². The molecule has 1 rings (SSSR count). The molecule has 4 heteroatoms. The van der Waals surface area contributed by atoms with Gasteiger partial charge < -0.3 is 9.05 Å². The molecule has 0 saturated carbocycles. The molecule has 0 aromatic heterocycles. The van der Waals surface area contributed by atoms with Crippen LogP contribution in [0.15, 0.2) is 0 Å². The van der Waals surface area contributed by atoms with Gasteiger partial charge in [0, 0.05) is 6.66 Å². The SMILES string of the molecule is C#CC1COP(C)(=O)OC1. The van der Waals surface area contributed by atoms with Gasteiger partial charge in [0.15, 0.2) is 0 Å². The zero-order chi connectivity index (χ0) is 7.61. The molecule has 1 aliphatic heterocycles. The minimum absolute atomic E-state index is 0.0398. The summed E-state index contributed by atoms with van der Waals surface area (Å²) in [6.45, 7) is 2.15. The second-order valence-corrected chi connectivity index (χ2v) is 4.29. The summed E-state index contributed by atoms with van der Waals surface area (Å²) >= 11 is 0. The highest BCUT2D eigenvalue weighted by Gasteiger charge is 2.25. The summed E-state index contributed by atoms with van der Waals surface area (Å²) in [4.78, 5) is 0. The van der Waals surface area contributed by atoms with Gasteiger partial charge in [-0.15, -0.1) is 6.42 Å². The standard InChI is InChI=1S/C6H9O3P/c1-3-6-4-8-10(2,7)9-5-6/h1,6H,4-5H2,2H3. The van der Waals surface area contributed by atoms with E-state index in [1.807, 2.05) is 0 Å². The molecule has 0 unspecified atom stereocenters. The second kappa shape index (κ2) is 2.75. The predicted molar refractivity (Wildman–Crippen MR) is 37.8 cm³/mol. The van der Waals surface area contributed by atoms with Crippen molar-refractivity contribution in [1.82, 2.24) is 0 Å². The van der Waals surface area contributed by atoms with Crippen molar-refractivity contribution in [3.63, 3.8) is 0 Å². The maximum atomic E-state index is 11.0. The van der Waals surface area contributed by atoms with E-state index < -0.39 is 7.60 Å². The number of hydrogen-bond acceptors (Lipinski definition) is 3. The lowest BCUT2D eigenvalue weighted by Gasteiger charge is -2.23. The van der Waals surface area contributed by atoms with Crippen LogP contribution in [0.1, 0.15) is 0 Å². The Kier molecular flexibility index (Phi) is 2.15. The van der Waals surface area contributed by atoms with E-state index in [0.29, 0.717) is 13.2 Å². The summed E-state index contributed by atoms with van der Waals surface area (Å²) < 4.78 is 20.7. The Labute approximate surface area is 60.2 Å². The van der Waals surface area contributed by atoms with Crippen molar-refractivity contribution in [2.75, 3.05) is 19.9 Å². The van der Waals surface area contributed by atoms with Gasteiger partial charge >= 0.3 is 7.60 Å². The quantitative estimate of drug-likeness (QED) is 0.393. The molecule has 0 aliphatic carbocycles. The molecule has 1 fully saturated rings. The largest absolute Gasteiger partial charge is 0.327 e. The predicted octanol–water partition coefficient (Wildman–Crippen LogP) is 1.11. The van der Waals surface area contributed by atoms with Crippen molar-refractivity contribution >= 4 is 7.60 Å². The lowest BCUT2D eigenvalue weighted by atomic mass is 10.2. The zero-order valence-corrected chi connectivity index (χ0v) is 6.64. The number of rotatable bonds is 0. The van der Waals surface area contributed by atoms with E-state index in [2.05, 4.69) is 5.92 Å². The highest BCUT2D eigenvalue weighted by atomic mass is 31.2. The smallest absolute Gasteiger partial charge is 0.307 e. The molecule has 0 radical (unpaired) electrons. The molecule has 1 saturated heterocycles. The Balaban J connectivity index is 2.48. The summed E-state index contributed by atoms with van der Waals surface area (Å²) in [6.07, 6.45) is 5.09. The van der Waals surface area contributed by atoms with Crippen LogP contribution in [0.25, 0.3) is 0 Å². The summed E-state index contributed by atoms with van der Waals surface area (Å²) in [7, 11) is -2.73. The van der Waals surface area contributed by atoms with Gasteiger partial charge in [-0.2, -0.15) is 0 Å². The Morgan fingerprint density at radius 3 is 2.50 bits per heavy atom. The summed E-state index contributed by atoms with van der Waals surface area (Å²) in [5, 5.41) is 0. The van der Waals surface area contributed by atoms with Crippen molar-refractivity contribution in [2.24, 2.45) is 5.92 Å². The third kappa shape index (κ3) is 1.85. The first-order valence-electron chi connectivity index (χ1n) is 2.97. The molecule has 10 heavy (non-hydrogen) atoms. The van der Waals surface area contributed by atoms with Crippen molar-refractivity contribution in [3.05, 3.63) is 0 Å². The molecule has 0 aromatic carbocycles. The molecule has 1 aliphatic rings. The molecule has 1 heterocycles. The highest BCUT2D eigenvalue weighted by molar-refractivity contribution is 7.53. The third-order valence-electron chi connectivity index (χ3n) is 1.26. The minimum Gasteiger partial charge on any atom is -0.307 e. The van der Waals surface area contributed by atoms with Crippen molar-refractivity contribution in [3.8, 4) is 12.3 Å². The Morgan fingerprint density at radius 2 is 2.10 bits per heavy atom. The number of hydrogen-bond donors (Lipinski definition) is 0. The zero-order valence-electron chi connectivity index (χ0n) is 5.74. The minimum atomic E-state index is -2.73. The summed E-state index contributed by atoms with van der Waals surface area (Å²) in [5.74, 6) is 2.43. The molecule has 0 N–H and O–H groups in total. The molecular formula is C6H9O3P. The first kappa shape index (κ1) is 7.81. The van der Waals surface area contributed by atoms with Crippen LogP contribution in [-0.2, 0) is 13.6 Å². The average Bonchev–Trinajstić information content (AvgIpc) is 1.88. The van der Waals surface area contributed by atoms with Crippen molar-refractivity contribution < 1.29 is 13.6 Å². The van der Waals surface area contributed by atoms with Gasteiger partial charge in [0.25, 0.3) is 0 Å². The normalized spacial score (nSPS) is 40.6. The van der Waals surface area contributed by atoms with Crippen LogP contribution >= 0.6 is 7.60 Å². The third-order valence-corrected chi connectivity index (χ3v) is 2.49. The van der Waals surface area contributed by atoms with Crippen LogP contribution in [0.4, 0.5) is 0 Å². The maximum Gasteiger partial charge on any atom is 0.327 e. The van der Waals surface area contributed by atoms with Gasteiger partial charge in [-0.3, -0.25) is 4.57 Å². The van der Waals surface area contributed by atoms with Crippen molar-refractivity contribution in [1.29, 1.82) is 0 Å². The van der Waals surface area contributed by atoms with Gasteiger partial charge in [-0.1, -0.05) is 5.92 Å². The lowest BCUT2D eigenvalue weighted by molar-refractivity contribution is 0.121. The van der Waals surface area contributed by atoms with Crippen LogP contribution < -0.4 is 0 Å². The van der Waals surface area contributed by atoms with E-state index in [4.69, 9.17) is 15.5 Å². The Bertz CT molecular complexity index is 194. The molecule has 0 atom stereocenters. The topological polar surface area (TPSA) is 35.5 Å². The molecular weight excluding hydrogens is 151 g/mol. The molecule has 0 amide bonds. The second-order valence-electron chi connectivity index (χ2n) is 2.23. The average molecular weight is 160 g/mol. The van der Waals surface area contributed by atoms with Crippen LogP contribution in [-0.4, -0.2) is 19.9 Å². The van der Waals surface area contributed by atoms with E-state index in [-0.39, 0.29) is 5.92 Å². The monoisotopic (exact) mass is 160 g/mol. The summed E-state index contributed by atoms with van der Waals surface area (Å²) in [5.41, 5.74) is 0. The molecule has 3 nitrogen and oxygen atoms in total. The van der Waals surface area contributed by atoms with Crippen LogP contribution in [0, 0.1) is 18.3 Å². The van der Waals surface area contributed by atoms with Crippen LogP contribution in [0.2, 0.25) is 0 Å². The van der Waals surface area contributed by atoms with E-state index >= 15 is 0 Å². The first-order chi connectivity index (χ1) is 4.64. The van der Waals surface area contributed by atoms with Gasteiger partial charge in [0.1, 0.15) is 0 Å². The van der Waals surface area contributed by atoms with E-state index in [1.165, 1.54) is 6.66 Å². The van der Waals surface area contributed by atoms with Gasteiger partial charge in [-0.05, 0) is 0 Å². The van der Waals surface area contributed by atoms with E-state index in [1.54, 1.807) is 0 Å². The molecule has 0 aromatic rings. The molecule has 0 spiro atoms. The highest BCUT2D eigenvalue weighted by Crippen LogP contribution is 2.47. The molecule has 0 bridgehead atoms. The van der Waals surface area contributed by atoms with Crippen molar-refractivity contribution in [2.45, 2.75) is 0 Å². The first-order valence-corrected chi connectivity index (χ1v) is 4.96. The van der Waals surface area contributed by atoms with E-state index in [0.717, 1.165) is 0 Å². The molecule has 56 valence electrons. The summed E-state index contributed by atoms with van der Waals surface area (Å²) in [6, 6.07) is 0. The fourth-order valence-electron chi connectivity index (χ4n) is 0.632. The van der Waals surface area contributed by atoms with Gasteiger partial charge in [0.05, 0.1) is 19.1 Å². The van der Waals surface area contributed by atoms with Gasteiger partial charge in [0.2, 0.25) is 0 Å². The number of terminal acetylenes is 1. The van der Waals surface area contributed by atoms with Gasteiger partial charge in [-0.25, -0.2) is 0 Å². The fourth-order valence-corrected chi connectivity index (χ4v) is 1.61. The Morgan fingerprint density at radius 1 is 1.60 bits per heavy atom. The fraction of sp³-hybridized carbons (Fsp3) is 0.667. The maximum absolute atomic E-state index is 11.0. The lowest BCUT2D eigenvalue weighted by Crippen LogP contribution is -2.18. The Hall–Kier alpha value is -0.290. The van der Waals surface area contributed by atoms with Crippen LogP contribution in [0.5, 0.6) is 0 Å². The van der Waals surface area contributed by atoms with Crippen LogP contribution in [0.3, 0.4) is 0 Å².